The Morgan fingerprint density at radius 2 is 1.97 bits per heavy atom. The second-order valence-corrected chi connectivity index (χ2v) is 11.8. The average molecular weight is 424 g/mol. The molecule has 5 rings (SSSR count). The first-order valence-corrected chi connectivity index (χ1v) is 12.7. The van der Waals surface area contributed by atoms with Crippen molar-refractivity contribution >= 4 is 0 Å². The zero-order valence-corrected chi connectivity index (χ0v) is 19.9. The number of rotatable bonds is 4. The van der Waals surface area contributed by atoms with Gasteiger partial charge in [-0.25, -0.2) is 4.98 Å². The van der Waals surface area contributed by atoms with Gasteiger partial charge in [0.05, 0.1) is 12.7 Å². The number of nitrogens with zero attached hydrogens (tertiary/aromatic N) is 1. The standard InChI is InChI=1S/C28H41NO2/c1-18-5-10-26(29-16-18)31-17-19(2)23-8-9-24-22-7-6-20-15-21(30)11-13-27(20,3)25(22)12-14-28(23,24)4/h5-6,10,16,19,21-25,30H,7-9,11-15,17H2,1-4H3/t19-,21+,22+,23-,24+,25+,27+,28-/m1/s1. The molecule has 0 aromatic carbocycles. The van der Waals surface area contributed by atoms with E-state index in [1.807, 2.05) is 12.3 Å². The van der Waals surface area contributed by atoms with Crippen molar-refractivity contribution in [2.24, 2.45) is 40.4 Å². The lowest BCUT2D eigenvalue weighted by Crippen LogP contribution is -2.51. The predicted molar refractivity (Wildman–Crippen MR) is 125 cm³/mol. The molecule has 0 amide bonds. The molecule has 3 saturated carbocycles. The van der Waals surface area contributed by atoms with Crippen LogP contribution in [0.5, 0.6) is 5.88 Å². The number of hydrogen-bond acceptors (Lipinski definition) is 3. The Morgan fingerprint density at radius 3 is 2.74 bits per heavy atom. The maximum atomic E-state index is 10.2. The molecule has 1 aromatic heterocycles. The molecule has 4 aliphatic rings. The van der Waals surface area contributed by atoms with Gasteiger partial charge in [-0.1, -0.05) is 38.5 Å². The highest BCUT2D eigenvalue weighted by Crippen LogP contribution is 2.67. The fraction of sp³-hybridized carbons (Fsp3) is 0.750. The van der Waals surface area contributed by atoms with E-state index in [4.69, 9.17) is 4.74 Å². The van der Waals surface area contributed by atoms with Crippen LogP contribution in [0.3, 0.4) is 0 Å². The van der Waals surface area contributed by atoms with Gasteiger partial charge in [-0.15, -0.1) is 0 Å². The van der Waals surface area contributed by atoms with Crippen LogP contribution in [0.4, 0.5) is 0 Å². The molecule has 8 atom stereocenters. The van der Waals surface area contributed by atoms with E-state index in [9.17, 15) is 5.11 Å². The van der Waals surface area contributed by atoms with Gasteiger partial charge in [0.1, 0.15) is 0 Å². The highest BCUT2D eigenvalue weighted by atomic mass is 16.5. The van der Waals surface area contributed by atoms with E-state index in [1.54, 1.807) is 5.57 Å². The highest BCUT2D eigenvalue weighted by molar-refractivity contribution is 5.25. The van der Waals surface area contributed by atoms with E-state index in [-0.39, 0.29) is 6.10 Å². The fourth-order valence-electron chi connectivity index (χ4n) is 8.49. The zero-order valence-electron chi connectivity index (χ0n) is 19.9. The van der Waals surface area contributed by atoms with Gasteiger partial charge >= 0.3 is 0 Å². The monoisotopic (exact) mass is 423 g/mol. The van der Waals surface area contributed by atoms with Crippen LogP contribution in [0.25, 0.3) is 0 Å². The molecule has 0 radical (unpaired) electrons. The second-order valence-electron chi connectivity index (χ2n) is 11.8. The van der Waals surface area contributed by atoms with Crippen LogP contribution in [0, 0.1) is 47.3 Å². The van der Waals surface area contributed by atoms with Gasteiger partial charge in [-0.3, -0.25) is 0 Å². The van der Waals surface area contributed by atoms with E-state index in [1.165, 1.54) is 44.1 Å². The lowest BCUT2D eigenvalue weighted by Gasteiger charge is -2.58. The summed E-state index contributed by atoms with van der Waals surface area (Å²) in [5.74, 6) is 4.57. The molecule has 3 heteroatoms. The minimum atomic E-state index is -0.107. The van der Waals surface area contributed by atoms with Crippen LogP contribution in [0.1, 0.15) is 77.7 Å². The minimum Gasteiger partial charge on any atom is -0.477 e. The molecule has 3 nitrogen and oxygen atoms in total. The summed E-state index contributed by atoms with van der Waals surface area (Å²) in [5, 5.41) is 10.2. The SMILES string of the molecule is Cc1ccc(OC[C@@H](C)[C@H]2CC[C@H]3[C@@H]4CC=C5C[C@@H](O)CC[C@]5(C)[C@H]4CC[C@]23C)nc1. The van der Waals surface area contributed by atoms with E-state index < -0.39 is 0 Å². The van der Waals surface area contributed by atoms with Crippen LogP contribution < -0.4 is 4.74 Å². The molecule has 1 N–H and O–H groups in total. The maximum absolute atomic E-state index is 10.2. The number of aromatic nitrogens is 1. The number of pyridine rings is 1. The Labute approximate surface area is 188 Å². The summed E-state index contributed by atoms with van der Waals surface area (Å²) in [6.07, 6.45) is 14.1. The topological polar surface area (TPSA) is 42.4 Å². The first-order chi connectivity index (χ1) is 14.8. The summed E-state index contributed by atoms with van der Waals surface area (Å²) in [6.45, 7) is 10.4. The van der Waals surface area contributed by atoms with Crippen LogP contribution in [0.2, 0.25) is 0 Å². The third-order valence-electron chi connectivity index (χ3n) is 10.2. The lowest BCUT2D eigenvalue weighted by molar-refractivity contribution is -0.0592. The summed E-state index contributed by atoms with van der Waals surface area (Å²) < 4.78 is 6.12. The van der Waals surface area contributed by atoms with Crippen molar-refractivity contribution in [1.82, 2.24) is 4.98 Å². The molecular weight excluding hydrogens is 382 g/mol. The molecule has 3 fully saturated rings. The molecule has 170 valence electrons. The normalized spacial score (nSPS) is 42.7. The van der Waals surface area contributed by atoms with Crippen molar-refractivity contribution < 1.29 is 9.84 Å². The van der Waals surface area contributed by atoms with Crippen LogP contribution in [0.15, 0.2) is 30.0 Å². The summed E-state index contributed by atoms with van der Waals surface area (Å²) in [7, 11) is 0. The van der Waals surface area contributed by atoms with Gasteiger partial charge in [-0.05, 0) is 104 Å². The maximum Gasteiger partial charge on any atom is 0.213 e. The Hall–Kier alpha value is -1.35. The van der Waals surface area contributed by atoms with Crippen molar-refractivity contribution in [1.29, 1.82) is 0 Å². The number of hydrogen-bond donors (Lipinski definition) is 1. The van der Waals surface area contributed by atoms with E-state index in [0.717, 1.165) is 49.0 Å². The minimum absolute atomic E-state index is 0.107. The summed E-state index contributed by atoms with van der Waals surface area (Å²) in [6, 6.07) is 4.08. The Kier molecular flexibility index (Phi) is 5.48. The molecule has 0 aliphatic heterocycles. The van der Waals surface area contributed by atoms with Gasteiger partial charge < -0.3 is 9.84 Å². The number of allylic oxidation sites excluding steroid dienone is 1. The van der Waals surface area contributed by atoms with Crippen LogP contribution in [-0.4, -0.2) is 22.8 Å². The van der Waals surface area contributed by atoms with Gasteiger partial charge in [-0.2, -0.15) is 0 Å². The third-order valence-corrected chi connectivity index (χ3v) is 10.2. The Balaban J connectivity index is 1.30. The first-order valence-electron chi connectivity index (χ1n) is 12.7. The molecule has 0 unspecified atom stereocenters. The Bertz CT molecular complexity index is 832. The molecule has 1 aromatic rings. The highest BCUT2D eigenvalue weighted by Gasteiger charge is 2.59. The first kappa shape index (κ1) is 21.5. The molecule has 1 heterocycles. The second kappa shape index (κ2) is 7.90. The average Bonchev–Trinajstić information content (AvgIpc) is 3.11. The third kappa shape index (κ3) is 3.56. The van der Waals surface area contributed by atoms with Gasteiger partial charge in [0.25, 0.3) is 0 Å². The number of aliphatic hydroxyl groups is 1. The fourth-order valence-corrected chi connectivity index (χ4v) is 8.49. The number of fused-ring (bicyclic) bond motifs is 5. The predicted octanol–water partition coefficient (Wildman–Crippen LogP) is 6.34. The van der Waals surface area contributed by atoms with Crippen molar-refractivity contribution in [3.8, 4) is 5.88 Å². The van der Waals surface area contributed by atoms with Crippen LogP contribution >= 0.6 is 0 Å². The molecule has 4 aliphatic carbocycles. The number of aliphatic hydroxyl groups excluding tert-OH is 1. The van der Waals surface area contributed by atoms with E-state index >= 15 is 0 Å². The molecule has 0 saturated heterocycles. The molecule has 0 spiro atoms. The van der Waals surface area contributed by atoms with Crippen molar-refractivity contribution in [3.05, 3.63) is 35.5 Å². The van der Waals surface area contributed by atoms with Crippen molar-refractivity contribution in [2.75, 3.05) is 6.61 Å². The zero-order chi connectivity index (χ0) is 21.8. The summed E-state index contributed by atoms with van der Waals surface area (Å²) in [5.41, 5.74) is 3.54. The van der Waals surface area contributed by atoms with Gasteiger partial charge in [0, 0.05) is 12.3 Å². The van der Waals surface area contributed by atoms with Gasteiger partial charge in [0.2, 0.25) is 5.88 Å². The van der Waals surface area contributed by atoms with Crippen molar-refractivity contribution in [3.63, 3.8) is 0 Å². The molecule has 31 heavy (non-hydrogen) atoms. The van der Waals surface area contributed by atoms with Gasteiger partial charge in [0.15, 0.2) is 0 Å². The van der Waals surface area contributed by atoms with Crippen LogP contribution in [-0.2, 0) is 0 Å². The number of ether oxygens (including phenoxy) is 1. The molecular formula is C28H41NO2. The number of aryl methyl sites for hydroxylation is 1. The van der Waals surface area contributed by atoms with E-state index in [0.29, 0.717) is 16.7 Å². The lowest BCUT2D eigenvalue weighted by atomic mass is 9.47. The van der Waals surface area contributed by atoms with Crippen molar-refractivity contribution in [2.45, 2.75) is 85.2 Å². The quantitative estimate of drug-likeness (QED) is 0.574. The smallest absolute Gasteiger partial charge is 0.213 e. The summed E-state index contributed by atoms with van der Waals surface area (Å²) >= 11 is 0. The Morgan fingerprint density at radius 1 is 1.13 bits per heavy atom. The largest absolute Gasteiger partial charge is 0.477 e. The molecule has 0 bridgehead atoms. The van der Waals surface area contributed by atoms with E-state index in [2.05, 4.69) is 44.8 Å². The summed E-state index contributed by atoms with van der Waals surface area (Å²) in [4.78, 5) is 4.43.